The van der Waals surface area contributed by atoms with Crippen molar-refractivity contribution < 1.29 is 0 Å². The van der Waals surface area contributed by atoms with Gasteiger partial charge in [-0.2, -0.15) is 0 Å². The summed E-state index contributed by atoms with van der Waals surface area (Å²) in [6.07, 6.45) is 22.1. The number of hydrogen-bond donors (Lipinski definition) is 1. The lowest BCUT2D eigenvalue weighted by atomic mass is 9.89. The van der Waals surface area contributed by atoms with Crippen LogP contribution in [0.2, 0.25) is 0 Å². The molecule has 188 valence electrons. The highest BCUT2D eigenvalue weighted by Crippen LogP contribution is 2.40. The number of benzene rings is 2. The summed E-state index contributed by atoms with van der Waals surface area (Å²) in [5, 5.41) is 3.66. The van der Waals surface area contributed by atoms with Crippen molar-refractivity contribution in [3.05, 3.63) is 59.2 Å². The van der Waals surface area contributed by atoms with Crippen LogP contribution in [0, 0.1) is 0 Å². The third kappa shape index (κ3) is 8.88. The van der Waals surface area contributed by atoms with Crippen LogP contribution in [0.25, 0.3) is 11.1 Å². The Hall–Kier alpha value is -1.60. The molecular weight excluding hydrogens is 410 g/mol. The van der Waals surface area contributed by atoms with Crippen LogP contribution < -0.4 is 5.32 Å². The van der Waals surface area contributed by atoms with Gasteiger partial charge in [-0.3, -0.25) is 0 Å². The molecule has 2 aromatic rings. The zero-order chi connectivity index (χ0) is 23.8. The number of rotatable bonds is 19. The summed E-state index contributed by atoms with van der Waals surface area (Å²) in [6, 6.07) is 15.9. The zero-order valence-electron chi connectivity index (χ0n) is 22.3. The molecule has 0 fully saturated rings. The molecule has 0 aromatic heterocycles. The summed E-state index contributed by atoms with van der Waals surface area (Å²) >= 11 is 0. The van der Waals surface area contributed by atoms with Crippen LogP contribution in [0.1, 0.15) is 133 Å². The standard InChI is InChI=1S/C33H51N/c1-3-4-5-6-7-9-12-17-25-34-26-18-13-10-8-11-14-20-28(2)30-23-19-24-32-31-22-16-15-21-29(31)27-33(30)32/h15-16,19,21-24,28,34H,3-14,17-18,20,25-27H2,1-2H3. The number of unbranched alkanes of at least 4 members (excludes halogenated alkanes) is 12. The minimum absolute atomic E-state index is 0.671. The Morgan fingerprint density at radius 2 is 1.24 bits per heavy atom. The third-order valence-electron chi connectivity index (χ3n) is 7.87. The summed E-state index contributed by atoms with van der Waals surface area (Å²) in [4.78, 5) is 0. The lowest BCUT2D eigenvalue weighted by Gasteiger charge is -2.16. The Bertz CT molecular complexity index is 808. The number of hydrogen-bond acceptors (Lipinski definition) is 1. The predicted octanol–water partition coefficient (Wildman–Crippen LogP) is 9.82. The van der Waals surface area contributed by atoms with Crippen LogP contribution in [-0.2, 0) is 6.42 Å². The van der Waals surface area contributed by atoms with Crippen molar-refractivity contribution in [1.82, 2.24) is 5.32 Å². The van der Waals surface area contributed by atoms with E-state index >= 15 is 0 Å². The zero-order valence-corrected chi connectivity index (χ0v) is 22.3. The van der Waals surface area contributed by atoms with Crippen molar-refractivity contribution in [2.75, 3.05) is 13.1 Å². The Labute approximate surface area is 211 Å². The first-order valence-corrected chi connectivity index (χ1v) is 14.7. The van der Waals surface area contributed by atoms with Crippen LogP contribution in [0.3, 0.4) is 0 Å². The molecule has 0 heterocycles. The van der Waals surface area contributed by atoms with Gasteiger partial charge in [-0.15, -0.1) is 0 Å². The van der Waals surface area contributed by atoms with Gasteiger partial charge < -0.3 is 5.32 Å². The van der Waals surface area contributed by atoms with E-state index in [9.17, 15) is 0 Å². The Balaban J connectivity index is 1.16. The van der Waals surface area contributed by atoms with Crippen molar-refractivity contribution in [3.8, 4) is 11.1 Å². The largest absolute Gasteiger partial charge is 0.317 e. The van der Waals surface area contributed by atoms with Gasteiger partial charge in [-0.05, 0) is 72.5 Å². The highest BCUT2D eigenvalue weighted by atomic mass is 14.8. The van der Waals surface area contributed by atoms with Crippen LogP contribution in [0.4, 0.5) is 0 Å². The second-order valence-corrected chi connectivity index (χ2v) is 10.7. The maximum Gasteiger partial charge on any atom is -0.00106 e. The van der Waals surface area contributed by atoms with E-state index in [1.165, 1.54) is 126 Å². The fourth-order valence-corrected chi connectivity index (χ4v) is 5.72. The smallest absolute Gasteiger partial charge is 0.00106 e. The molecule has 1 unspecified atom stereocenters. The predicted molar refractivity (Wildman–Crippen MR) is 151 cm³/mol. The van der Waals surface area contributed by atoms with Crippen LogP contribution in [-0.4, -0.2) is 13.1 Å². The summed E-state index contributed by atoms with van der Waals surface area (Å²) < 4.78 is 0. The van der Waals surface area contributed by atoms with Gasteiger partial charge in [0, 0.05) is 0 Å². The summed E-state index contributed by atoms with van der Waals surface area (Å²) in [5.41, 5.74) is 7.63. The van der Waals surface area contributed by atoms with Crippen molar-refractivity contribution in [3.63, 3.8) is 0 Å². The fraction of sp³-hybridized carbons (Fsp3) is 0.636. The second-order valence-electron chi connectivity index (χ2n) is 10.7. The molecule has 3 rings (SSSR count). The second kappa shape index (κ2) is 16.1. The molecule has 0 saturated carbocycles. The SMILES string of the molecule is CCCCCCCCCCNCCCCCCCCC(C)c1cccc2c1Cc1ccccc1-2. The maximum absolute atomic E-state index is 3.66. The van der Waals surface area contributed by atoms with Crippen molar-refractivity contribution >= 4 is 0 Å². The van der Waals surface area contributed by atoms with Gasteiger partial charge in [0.15, 0.2) is 0 Å². The van der Waals surface area contributed by atoms with Gasteiger partial charge in [-0.1, -0.05) is 133 Å². The Morgan fingerprint density at radius 3 is 1.94 bits per heavy atom. The first kappa shape index (κ1) is 27.0. The van der Waals surface area contributed by atoms with E-state index in [4.69, 9.17) is 0 Å². The summed E-state index contributed by atoms with van der Waals surface area (Å²) in [7, 11) is 0. The summed E-state index contributed by atoms with van der Waals surface area (Å²) in [6.45, 7) is 7.18. The molecule has 1 aliphatic rings. The maximum atomic E-state index is 3.66. The molecule has 1 heteroatoms. The molecule has 0 saturated heterocycles. The van der Waals surface area contributed by atoms with E-state index < -0.39 is 0 Å². The molecule has 1 nitrogen and oxygen atoms in total. The van der Waals surface area contributed by atoms with Gasteiger partial charge in [0.05, 0.1) is 0 Å². The van der Waals surface area contributed by atoms with Gasteiger partial charge in [0.25, 0.3) is 0 Å². The Kier molecular flexibility index (Phi) is 12.8. The van der Waals surface area contributed by atoms with Crippen LogP contribution in [0.5, 0.6) is 0 Å². The number of nitrogens with one attached hydrogen (secondary N) is 1. The molecule has 2 aromatic carbocycles. The van der Waals surface area contributed by atoms with Crippen molar-refractivity contribution in [1.29, 1.82) is 0 Å². The van der Waals surface area contributed by atoms with E-state index in [0.29, 0.717) is 5.92 Å². The van der Waals surface area contributed by atoms with Gasteiger partial charge in [0.1, 0.15) is 0 Å². The van der Waals surface area contributed by atoms with Crippen molar-refractivity contribution in [2.24, 2.45) is 0 Å². The van der Waals surface area contributed by atoms with E-state index in [-0.39, 0.29) is 0 Å². The van der Waals surface area contributed by atoms with E-state index in [1.807, 2.05) is 0 Å². The fourth-order valence-electron chi connectivity index (χ4n) is 5.72. The highest BCUT2D eigenvalue weighted by molar-refractivity contribution is 5.78. The average Bonchev–Trinajstić information content (AvgIpc) is 3.24. The number of fused-ring (bicyclic) bond motifs is 3. The van der Waals surface area contributed by atoms with Crippen LogP contribution >= 0.6 is 0 Å². The molecule has 0 spiro atoms. The summed E-state index contributed by atoms with van der Waals surface area (Å²) in [5.74, 6) is 0.671. The molecule has 0 radical (unpaired) electrons. The van der Waals surface area contributed by atoms with Gasteiger partial charge in [-0.25, -0.2) is 0 Å². The normalized spacial score (nSPS) is 13.1. The molecule has 34 heavy (non-hydrogen) atoms. The lowest BCUT2D eigenvalue weighted by Crippen LogP contribution is -2.16. The lowest BCUT2D eigenvalue weighted by molar-refractivity contribution is 0.526. The minimum atomic E-state index is 0.671. The Morgan fingerprint density at radius 1 is 0.647 bits per heavy atom. The molecule has 0 bridgehead atoms. The molecular formula is C33H51N. The molecule has 0 amide bonds. The molecule has 1 N–H and O–H groups in total. The van der Waals surface area contributed by atoms with E-state index in [1.54, 1.807) is 11.1 Å². The average molecular weight is 462 g/mol. The third-order valence-corrected chi connectivity index (χ3v) is 7.87. The molecule has 0 aliphatic heterocycles. The van der Waals surface area contributed by atoms with Crippen LogP contribution in [0.15, 0.2) is 42.5 Å². The quantitative estimate of drug-likeness (QED) is 0.175. The monoisotopic (exact) mass is 461 g/mol. The highest BCUT2D eigenvalue weighted by Gasteiger charge is 2.22. The minimum Gasteiger partial charge on any atom is -0.317 e. The molecule has 1 aliphatic carbocycles. The van der Waals surface area contributed by atoms with E-state index in [2.05, 4.69) is 61.6 Å². The first-order valence-electron chi connectivity index (χ1n) is 14.7. The van der Waals surface area contributed by atoms with Gasteiger partial charge >= 0.3 is 0 Å². The van der Waals surface area contributed by atoms with Gasteiger partial charge in [0.2, 0.25) is 0 Å². The first-order chi connectivity index (χ1) is 16.8. The topological polar surface area (TPSA) is 12.0 Å². The van der Waals surface area contributed by atoms with Crippen molar-refractivity contribution in [2.45, 2.75) is 122 Å². The van der Waals surface area contributed by atoms with E-state index in [0.717, 1.165) is 6.42 Å². The molecule has 1 atom stereocenters.